The van der Waals surface area contributed by atoms with E-state index in [0.717, 1.165) is 18.5 Å². The molecule has 0 saturated heterocycles. The Bertz CT molecular complexity index is 655. The van der Waals surface area contributed by atoms with E-state index >= 15 is 0 Å². The molecule has 130 valence electrons. The first-order valence-electron chi connectivity index (χ1n) is 8.21. The van der Waals surface area contributed by atoms with Crippen LogP contribution in [0.2, 0.25) is 0 Å². The highest BCUT2D eigenvalue weighted by Gasteiger charge is 2.12. The number of rotatable bonds is 8. The number of anilines is 1. The van der Waals surface area contributed by atoms with E-state index < -0.39 is 0 Å². The molecule has 0 aliphatic heterocycles. The van der Waals surface area contributed by atoms with Crippen LogP contribution in [-0.2, 0) is 11.2 Å². The molecule has 2 unspecified atom stereocenters. The van der Waals surface area contributed by atoms with Crippen LogP contribution in [0.1, 0.15) is 37.3 Å². The molecule has 2 aromatic rings. The first kappa shape index (κ1) is 18.5. The monoisotopic (exact) mass is 346 g/mol. The SMILES string of the molecule is COc1ccc(C(C)NCC(C)Cc2cccs2)cc1NC(C)=O. The standard InChI is InChI=1S/C19H26N2O2S/c1-13(10-17-6-5-9-24-17)12-20-14(2)16-7-8-19(23-4)18(11-16)21-15(3)22/h5-9,11,13-14,20H,10,12H2,1-4H3,(H,21,22). The maximum absolute atomic E-state index is 11.3. The van der Waals surface area contributed by atoms with Gasteiger partial charge in [0.25, 0.3) is 0 Å². The van der Waals surface area contributed by atoms with Gasteiger partial charge in [-0.15, -0.1) is 11.3 Å². The van der Waals surface area contributed by atoms with Crippen LogP contribution >= 0.6 is 11.3 Å². The molecule has 24 heavy (non-hydrogen) atoms. The van der Waals surface area contributed by atoms with Gasteiger partial charge in [0.1, 0.15) is 5.75 Å². The van der Waals surface area contributed by atoms with Crippen molar-refractivity contribution in [2.75, 3.05) is 19.0 Å². The van der Waals surface area contributed by atoms with Crippen LogP contribution in [-0.4, -0.2) is 19.6 Å². The van der Waals surface area contributed by atoms with Crippen molar-refractivity contribution in [3.63, 3.8) is 0 Å². The second-order valence-corrected chi connectivity index (χ2v) is 7.19. The van der Waals surface area contributed by atoms with Crippen molar-refractivity contribution in [2.45, 2.75) is 33.2 Å². The van der Waals surface area contributed by atoms with Crippen LogP contribution in [0.4, 0.5) is 5.69 Å². The Hall–Kier alpha value is -1.85. The predicted octanol–water partition coefficient (Wildman–Crippen LogP) is 4.24. The van der Waals surface area contributed by atoms with Gasteiger partial charge in [0.05, 0.1) is 12.8 Å². The first-order valence-corrected chi connectivity index (χ1v) is 9.09. The average molecular weight is 346 g/mol. The topological polar surface area (TPSA) is 50.4 Å². The molecule has 1 aromatic heterocycles. The number of nitrogens with one attached hydrogen (secondary N) is 2. The number of thiophene rings is 1. The van der Waals surface area contributed by atoms with E-state index in [0.29, 0.717) is 17.4 Å². The van der Waals surface area contributed by atoms with Gasteiger partial charge in [0.15, 0.2) is 0 Å². The third kappa shape index (κ3) is 5.35. The summed E-state index contributed by atoms with van der Waals surface area (Å²) in [5, 5.41) is 8.53. The van der Waals surface area contributed by atoms with Gasteiger partial charge in [-0.1, -0.05) is 19.1 Å². The van der Waals surface area contributed by atoms with Gasteiger partial charge in [-0.05, 0) is 54.9 Å². The smallest absolute Gasteiger partial charge is 0.221 e. The Labute approximate surface area is 148 Å². The Balaban J connectivity index is 1.95. The summed E-state index contributed by atoms with van der Waals surface area (Å²) in [7, 11) is 1.61. The number of carbonyl (C=O) groups excluding carboxylic acids is 1. The molecule has 0 spiro atoms. The lowest BCUT2D eigenvalue weighted by Gasteiger charge is -2.19. The minimum absolute atomic E-state index is 0.101. The van der Waals surface area contributed by atoms with Gasteiger partial charge in [-0.25, -0.2) is 0 Å². The number of hydrogen-bond donors (Lipinski definition) is 2. The number of benzene rings is 1. The lowest BCUT2D eigenvalue weighted by Crippen LogP contribution is -2.25. The molecule has 4 nitrogen and oxygen atoms in total. The van der Waals surface area contributed by atoms with Crippen LogP contribution < -0.4 is 15.4 Å². The van der Waals surface area contributed by atoms with Crippen molar-refractivity contribution in [3.8, 4) is 5.75 Å². The van der Waals surface area contributed by atoms with Crippen LogP contribution in [0.15, 0.2) is 35.7 Å². The molecular weight excluding hydrogens is 320 g/mol. The lowest BCUT2D eigenvalue weighted by atomic mass is 10.0. The molecule has 0 aliphatic carbocycles. The van der Waals surface area contributed by atoms with Gasteiger partial charge in [0, 0.05) is 17.8 Å². The fourth-order valence-electron chi connectivity index (χ4n) is 2.62. The zero-order valence-corrected chi connectivity index (χ0v) is 15.6. The highest BCUT2D eigenvalue weighted by Crippen LogP contribution is 2.28. The normalized spacial score (nSPS) is 13.3. The molecule has 0 aliphatic rings. The molecule has 1 heterocycles. The van der Waals surface area contributed by atoms with Crippen molar-refractivity contribution in [3.05, 3.63) is 46.2 Å². The third-order valence-corrected chi connectivity index (χ3v) is 4.84. The lowest BCUT2D eigenvalue weighted by molar-refractivity contribution is -0.114. The Morgan fingerprint density at radius 1 is 1.29 bits per heavy atom. The molecule has 0 bridgehead atoms. The summed E-state index contributed by atoms with van der Waals surface area (Å²) >= 11 is 1.81. The minimum Gasteiger partial charge on any atom is -0.495 e. The molecule has 0 fully saturated rings. The summed E-state index contributed by atoms with van der Waals surface area (Å²) < 4.78 is 5.30. The quantitative estimate of drug-likeness (QED) is 0.751. The summed E-state index contributed by atoms with van der Waals surface area (Å²) in [6.45, 7) is 6.84. The highest BCUT2D eigenvalue weighted by atomic mass is 32.1. The van der Waals surface area contributed by atoms with Gasteiger partial charge >= 0.3 is 0 Å². The molecule has 2 N–H and O–H groups in total. The fraction of sp³-hybridized carbons (Fsp3) is 0.421. The predicted molar refractivity (Wildman–Crippen MR) is 101 cm³/mol. The minimum atomic E-state index is -0.101. The van der Waals surface area contributed by atoms with E-state index in [1.807, 2.05) is 29.5 Å². The van der Waals surface area contributed by atoms with Crippen LogP contribution in [0, 0.1) is 5.92 Å². The summed E-state index contributed by atoms with van der Waals surface area (Å²) in [4.78, 5) is 12.8. The molecule has 1 aromatic carbocycles. The number of ether oxygens (including phenoxy) is 1. The zero-order valence-electron chi connectivity index (χ0n) is 14.8. The maximum Gasteiger partial charge on any atom is 0.221 e. The van der Waals surface area contributed by atoms with Crippen molar-refractivity contribution in [1.82, 2.24) is 5.32 Å². The highest BCUT2D eigenvalue weighted by molar-refractivity contribution is 7.09. The molecule has 5 heteroatoms. The van der Waals surface area contributed by atoms with Gasteiger partial charge in [0.2, 0.25) is 5.91 Å². The van der Waals surface area contributed by atoms with E-state index in [1.54, 1.807) is 7.11 Å². The van der Waals surface area contributed by atoms with E-state index in [-0.39, 0.29) is 11.9 Å². The number of hydrogen-bond acceptors (Lipinski definition) is 4. The Morgan fingerprint density at radius 2 is 2.08 bits per heavy atom. The Kier molecular flexibility index (Phi) is 6.82. The summed E-state index contributed by atoms with van der Waals surface area (Å²) in [5.74, 6) is 1.14. The van der Waals surface area contributed by atoms with Crippen molar-refractivity contribution < 1.29 is 9.53 Å². The first-order chi connectivity index (χ1) is 11.5. The third-order valence-electron chi connectivity index (χ3n) is 3.94. The van der Waals surface area contributed by atoms with Crippen LogP contribution in [0.3, 0.4) is 0 Å². The molecule has 0 radical (unpaired) electrons. The molecular formula is C19H26N2O2S. The van der Waals surface area contributed by atoms with E-state index in [1.165, 1.54) is 11.8 Å². The second kappa shape index (κ2) is 8.85. The summed E-state index contributed by atoms with van der Waals surface area (Å²) in [6, 6.07) is 10.4. The molecule has 2 atom stereocenters. The van der Waals surface area contributed by atoms with E-state index in [2.05, 4.69) is 42.0 Å². The van der Waals surface area contributed by atoms with Crippen LogP contribution in [0.5, 0.6) is 5.75 Å². The molecule has 2 rings (SSSR count). The molecule has 1 amide bonds. The number of carbonyl (C=O) groups is 1. The maximum atomic E-state index is 11.3. The number of methoxy groups -OCH3 is 1. The second-order valence-electron chi connectivity index (χ2n) is 6.16. The van der Waals surface area contributed by atoms with Crippen molar-refractivity contribution in [1.29, 1.82) is 0 Å². The summed E-state index contributed by atoms with van der Waals surface area (Å²) in [5.41, 5.74) is 1.84. The van der Waals surface area contributed by atoms with E-state index in [9.17, 15) is 4.79 Å². The van der Waals surface area contributed by atoms with Crippen molar-refractivity contribution in [2.24, 2.45) is 5.92 Å². The van der Waals surface area contributed by atoms with Gasteiger partial charge in [-0.2, -0.15) is 0 Å². The molecule has 0 saturated carbocycles. The number of amides is 1. The summed E-state index contributed by atoms with van der Waals surface area (Å²) in [6.07, 6.45) is 1.09. The van der Waals surface area contributed by atoms with E-state index in [4.69, 9.17) is 4.74 Å². The fourth-order valence-corrected chi connectivity index (χ4v) is 3.49. The van der Waals surface area contributed by atoms with Crippen LogP contribution in [0.25, 0.3) is 0 Å². The van der Waals surface area contributed by atoms with Gasteiger partial charge < -0.3 is 15.4 Å². The Morgan fingerprint density at radius 3 is 2.71 bits per heavy atom. The zero-order chi connectivity index (χ0) is 17.5. The van der Waals surface area contributed by atoms with Gasteiger partial charge in [-0.3, -0.25) is 4.79 Å². The average Bonchev–Trinajstić information content (AvgIpc) is 3.05. The largest absolute Gasteiger partial charge is 0.495 e. The van der Waals surface area contributed by atoms with Crippen molar-refractivity contribution >= 4 is 22.9 Å².